The number of nitro benzene ring substituents is 1. The number of carbonyl (C=O) groups excluding carboxylic acids is 1. The summed E-state index contributed by atoms with van der Waals surface area (Å²) in [6.07, 6.45) is -1.08. The van der Waals surface area contributed by atoms with Crippen LogP contribution in [0.2, 0.25) is 0 Å². The molecule has 1 aromatic heterocycles. The van der Waals surface area contributed by atoms with Gasteiger partial charge in [-0.3, -0.25) is 14.9 Å². The molecule has 1 heterocycles. The molecular weight excluding hydrogens is 385 g/mol. The number of anilines is 1. The van der Waals surface area contributed by atoms with Crippen LogP contribution < -0.4 is 10.6 Å². The largest absolute Gasteiger partial charge is 0.362 e. The molecular formula is C13H10Cl3N3O3S. The molecule has 0 radical (unpaired) electrons. The van der Waals surface area contributed by atoms with E-state index in [1.807, 2.05) is 0 Å². The molecule has 122 valence electrons. The lowest BCUT2D eigenvalue weighted by Gasteiger charge is -2.27. The van der Waals surface area contributed by atoms with Gasteiger partial charge < -0.3 is 10.6 Å². The minimum absolute atomic E-state index is 0.123. The highest BCUT2D eigenvalue weighted by atomic mass is 35.6. The molecule has 0 bridgehead atoms. The fourth-order valence-corrected chi connectivity index (χ4v) is 2.64. The number of halogens is 3. The van der Waals surface area contributed by atoms with Gasteiger partial charge in [0, 0.05) is 17.8 Å². The maximum atomic E-state index is 12.1. The smallest absolute Gasteiger partial charge is 0.271 e. The minimum Gasteiger partial charge on any atom is -0.362 e. The molecule has 1 aromatic carbocycles. The summed E-state index contributed by atoms with van der Waals surface area (Å²) in [4.78, 5) is 22.8. The van der Waals surface area contributed by atoms with Gasteiger partial charge in [-0.05, 0) is 17.5 Å². The van der Waals surface area contributed by atoms with Gasteiger partial charge in [-0.1, -0.05) is 46.9 Å². The Bertz CT molecular complexity index is 704. The first kappa shape index (κ1) is 17.8. The topological polar surface area (TPSA) is 84.3 Å². The summed E-state index contributed by atoms with van der Waals surface area (Å²) in [5.41, 5.74) is 0.213. The lowest BCUT2D eigenvalue weighted by Crippen LogP contribution is -2.48. The van der Waals surface area contributed by atoms with Crippen LogP contribution in [0.15, 0.2) is 41.8 Å². The van der Waals surface area contributed by atoms with E-state index >= 15 is 0 Å². The molecule has 10 heteroatoms. The van der Waals surface area contributed by atoms with Gasteiger partial charge in [0.05, 0.1) is 9.80 Å². The van der Waals surface area contributed by atoms with Gasteiger partial charge in [-0.2, -0.15) is 0 Å². The minimum atomic E-state index is -1.86. The quantitative estimate of drug-likeness (QED) is 0.344. The zero-order chi connectivity index (χ0) is 17.0. The highest BCUT2D eigenvalue weighted by Gasteiger charge is 2.34. The zero-order valence-electron chi connectivity index (χ0n) is 11.3. The Balaban J connectivity index is 2.18. The number of nitrogens with one attached hydrogen (secondary N) is 2. The van der Waals surface area contributed by atoms with E-state index in [1.54, 1.807) is 23.6 Å². The van der Waals surface area contributed by atoms with Crippen LogP contribution in [0.5, 0.6) is 0 Å². The van der Waals surface area contributed by atoms with Gasteiger partial charge in [0.25, 0.3) is 11.6 Å². The lowest BCUT2D eigenvalue weighted by atomic mass is 10.2. The monoisotopic (exact) mass is 393 g/mol. The van der Waals surface area contributed by atoms with Crippen LogP contribution >= 0.6 is 46.1 Å². The Kier molecular flexibility index (Phi) is 5.69. The average molecular weight is 395 g/mol. The number of hydrogen-bond acceptors (Lipinski definition) is 5. The number of hydrogen-bond donors (Lipinski definition) is 2. The number of benzene rings is 1. The van der Waals surface area contributed by atoms with E-state index in [2.05, 4.69) is 10.6 Å². The van der Waals surface area contributed by atoms with Gasteiger partial charge >= 0.3 is 0 Å². The second-order valence-corrected chi connectivity index (χ2v) is 7.69. The van der Waals surface area contributed by atoms with Crippen LogP contribution in [-0.4, -0.2) is 20.8 Å². The van der Waals surface area contributed by atoms with Crippen molar-refractivity contribution in [3.05, 3.63) is 56.8 Å². The van der Waals surface area contributed by atoms with Crippen molar-refractivity contribution in [1.29, 1.82) is 0 Å². The Hall–Kier alpha value is -1.54. The van der Waals surface area contributed by atoms with Gasteiger partial charge in [-0.15, -0.1) is 11.3 Å². The highest BCUT2D eigenvalue weighted by molar-refractivity contribution is 7.12. The van der Waals surface area contributed by atoms with Crippen molar-refractivity contribution in [2.45, 2.75) is 9.96 Å². The number of non-ortho nitro benzene ring substituents is 1. The maximum Gasteiger partial charge on any atom is 0.271 e. The Labute approximate surface area is 150 Å². The number of nitrogens with zero attached hydrogens (tertiary/aromatic N) is 1. The summed E-state index contributed by atoms with van der Waals surface area (Å²) in [7, 11) is 0. The first-order valence-electron chi connectivity index (χ1n) is 6.19. The van der Waals surface area contributed by atoms with Crippen molar-refractivity contribution >= 4 is 63.4 Å². The fraction of sp³-hybridized carbons (Fsp3) is 0.154. The van der Waals surface area contributed by atoms with Crippen molar-refractivity contribution in [2.24, 2.45) is 0 Å². The number of carbonyl (C=O) groups is 1. The SMILES string of the molecule is O=C(N[C@H](Nc1cccc([N+](=O)[O-])c1)C(Cl)(Cl)Cl)c1cccs1. The maximum absolute atomic E-state index is 12.1. The molecule has 1 amide bonds. The van der Waals surface area contributed by atoms with Crippen LogP contribution in [0.3, 0.4) is 0 Å². The molecule has 0 unspecified atom stereocenters. The van der Waals surface area contributed by atoms with Crippen molar-refractivity contribution in [1.82, 2.24) is 5.32 Å². The molecule has 0 fully saturated rings. The number of amides is 1. The van der Waals surface area contributed by atoms with Crippen LogP contribution in [-0.2, 0) is 0 Å². The van der Waals surface area contributed by atoms with E-state index in [-0.39, 0.29) is 5.69 Å². The third-order valence-corrected chi connectivity index (χ3v) is 4.24. The predicted octanol–water partition coefficient (Wildman–Crippen LogP) is 4.19. The summed E-state index contributed by atoms with van der Waals surface area (Å²) < 4.78 is -1.86. The molecule has 2 aromatic rings. The van der Waals surface area contributed by atoms with Crippen LogP contribution in [0.4, 0.5) is 11.4 Å². The number of thiophene rings is 1. The van der Waals surface area contributed by atoms with Crippen molar-refractivity contribution in [2.75, 3.05) is 5.32 Å². The van der Waals surface area contributed by atoms with Gasteiger partial charge in [0.2, 0.25) is 3.79 Å². The van der Waals surface area contributed by atoms with E-state index in [0.29, 0.717) is 10.6 Å². The Morgan fingerprint density at radius 2 is 2.00 bits per heavy atom. The molecule has 6 nitrogen and oxygen atoms in total. The molecule has 2 rings (SSSR count). The van der Waals surface area contributed by atoms with Gasteiger partial charge in [0.15, 0.2) is 0 Å². The molecule has 23 heavy (non-hydrogen) atoms. The predicted molar refractivity (Wildman–Crippen MR) is 92.6 cm³/mol. The standard InChI is InChI=1S/C13H10Cl3N3O3S/c14-13(15,16)12(18-11(20)10-5-2-6-23-10)17-8-3-1-4-9(7-8)19(21)22/h1-7,12,17H,(H,18,20)/t12-/m0/s1. The molecule has 0 aliphatic heterocycles. The third-order valence-electron chi connectivity index (χ3n) is 2.72. The summed E-state index contributed by atoms with van der Waals surface area (Å²) in [6.45, 7) is 0. The van der Waals surface area contributed by atoms with E-state index in [4.69, 9.17) is 34.8 Å². The van der Waals surface area contributed by atoms with E-state index in [1.165, 1.54) is 29.5 Å². The Morgan fingerprint density at radius 1 is 1.26 bits per heavy atom. The van der Waals surface area contributed by atoms with Crippen LogP contribution in [0, 0.1) is 10.1 Å². The second kappa shape index (κ2) is 7.35. The molecule has 0 saturated heterocycles. The normalized spacial score (nSPS) is 12.5. The molecule has 0 aliphatic rings. The van der Waals surface area contributed by atoms with Crippen LogP contribution in [0.1, 0.15) is 9.67 Å². The van der Waals surface area contributed by atoms with Gasteiger partial charge in [-0.25, -0.2) is 0 Å². The summed E-state index contributed by atoms with van der Waals surface area (Å²) in [5.74, 6) is -0.422. The number of nitro groups is 1. The first-order chi connectivity index (χ1) is 10.8. The first-order valence-corrected chi connectivity index (χ1v) is 8.21. The molecule has 0 spiro atoms. The molecule has 1 atom stereocenters. The summed E-state index contributed by atoms with van der Waals surface area (Å²) >= 11 is 18.9. The lowest BCUT2D eigenvalue weighted by molar-refractivity contribution is -0.384. The van der Waals surface area contributed by atoms with Crippen LogP contribution in [0.25, 0.3) is 0 Å². The zero-order valence-corrected chi connectivity index (χ0v) is 14.4. The molecule has 2 N–H and O–H groups in total. The highest BCUT2D eigenvalue weighted by Crippen LogP contribution is 2.32. The van der Waals surface area contributed by atoms with Crippen molar-refractivity contribution < 1.29 is 9.72 Å². The molecule has 0 aliphatic carbocycles. The van der Waals surface area contributed by atoms with Crippen molar-refractivity contribution in [3.8, 4) is 0 Å². The van der Waals surface area contributed by atoms with Gasteiger partial charge in [0.1, 0.15) is 6.17 Å². The fourth-order valence-electron chi connectivity index (χ4n) is 1.69. The number of alkyl halides is 3. The number of rotatable bonds is 5. The van der Waals surface area contributed by atoms with E-state index in [9.17, 15) is 14.9 Å². The second-order valence-electron chi connectivity index (χ2n) is 4.38. The van der Waals surface area contributed by atoms with Crippen molar-refractivity contribution in [3.63, 3.8) is 0 Å². The molecule has 0 saturated carbocycles. The van der Waals surface area contributed by atoms with E-state index in [0.717, 1.165) is 0 Å². The average Bonchev–Trinajstić information content (AvgIpc) is 3.00. The Morgan fingerprint density at radius 3 is 2.57 bits per heavy atom. The summed E-state index contributed by atoms with van der Waals surface area (Å²) in [6, 6.07) is 9.01. The van der Waals surface area contributed by atoms with E-state index < -0.39 is 20.8 Å². The third kappa shape index (κ3) is 4.97. The summed E-state index contributed by atoms with van der Waals surface area (Å²) in [5, 5.41) is 17.9.